The second kappa shape index (κ2) is 11.3. The number of thioether (sulfide) groups is 1. The molecule has 1 unspecified atom stereocenters. The standard InChI is InChI=1S/C21H26N2O3S/c1-3-26-20(24)19(15-27-14-18-7-5-4-6-8-18)23-21(25)22-13-17-11-9-16(2)10-12-17/h4-12,19H,3,13-15H2,1-2H3,(H2,22,23,25). The van der Waals surface area contributed by atoms with Crippen molar-refractivity contribution in [3.63, 3.8) is 0 Å². The van der Waals surface area contributed by atoms with E-state index in [1.165, 1.54) is 11.1 Å². The van der Waals surface area contributed by atoms with E-state index in [0.717, 1.165) is 11.3 Å². The topological polar surface area (TPSA) is 67.4 Å². The number of nitrogens with one attached hydrogen (secondary N) is 2. The molecule has 144 valence electrons. The third-order valence-corrected chi connectivity index (χ3v) is 4.95. The minimum atomic E-state index is -0.684. The molecule has 0 saturated carbocycles. The van der Waals surface area contributed by atoms with Crippen molar-refractivity contribution in [1.82, 2.24) is 10.6 Å². The Balaban J connectivity index is 1.83. The van der Waals surface area contributed by atoms with Gasteiger partial charge in [-0.25, -0.2) is 9.59 Å². The Bertz CT molecular complexity index is 720. The molecule has 0 radical (unpaired) electrons. The van der Waals surface area contributed by atoms with E-state index in [9.17, 15) is 9.59 Å². The summed E-state index contributed by atoms with van der Waals surface area (Å²) in [7, 11) is 0. The van der Waals surface area contributed by atoms with Crippen LogP contribution in [0.5, 0.6) is 0 Å². The highest BCUT2D eigenvalue weighted by Crippen LogP contribution is 2.13. The molecule has 2 aromatic carbocycles. The molecular weight excluding hydrogens is 360 g/mol. The smallest absolute Gasteiger partial charge is 0.329 e. The lowest BCUT2D eigenvalue weighted by atomic mass is 10.1. The molecule has 5 nitrogen and oxygen atoms in total. The molecule has 0 aliphatic carbocycles. The van der Waals surface area contributed by atoms with Gasteiger partial charge in [0.1, 0.15) is 6.04 Å². The normalized spacial score (nSPS) is 11.5. The SMILES string of the molecule is CCOC(=O)C(CSCc1ccccc1)NC(=O)NCc1ccc(C)cc1. The highest BCUT2D eigenvalue weighted by Gasteiger charge is 2.22. The second-order valence-corrected chi connectivity index (χ2v) is 7.15. The number of ether oxygens (including phenoxy) is 1. The fraction of sp³-hybridized carbons (Fsp3) is 0.333. The van der Waals surface area contributed by atoms with Gasteiger partial charge in [-0.15, -0.1) is 0 Å². The Labute approximate surface area is 164 Å². The van der Waals surface area contributed by atoms with Crippen LogP contribution in [0.3, 0.4) is 0 Å². The summed E-state index contributed by atoms with van der Waals surface area (Å²) >= 11 is 1.58. The van der Waals surface area contributed by atoms with E-state index in [-0.39, 0.29) is 12.6 Å². The van der Waals surface area contributed by atoms with E-state index in [4.69, 9.17) is 4.74 Å². The molecule has 2 aromatic rings. The van der Waals surface area contributed by atoms with Crippen LogP contribution in [0, 0.1) is 6.92 Å². The number of benzene rings is 2. The molecule has 0 saturated heterocycles. The van der Waals surface area contributed by atoms with Gasteiger partial charge in [0.15, 0.2) is 0 Å². The highest BCUT2D eigenvalue weighted by atomic mass is 32.2. The molecule has 0 aliphatic rings. The molecular formula is C21H26N2O3S. The maximum absolute atomic E-state index is 12.2. The lowest BCUT2D eigenvalue weighted by molar-refractivity contribution is -0.144. The fourth-order valence-electron chi connectivity index (χ4n) is 2.38. The average molecular weight is 387 g/mol. The summed E-state index contributed by atoms with van der Waals surface area (Å²) in [5.74, 6) is 0.804. The summed E-state index contributed by atoms with van der Waals surface area (Å²) in [6.45, 7) is 4.45. The van der Waals surface area contributed by atoms with E-state index in [2.05, 4.69) is 10.6 Å². The van der Waals surface area contributed by atoms with Gasteiger partial charge in [-0.2, -0.15) is 11.8 Å². The summed E-state index contributed by atoms with van der Waals surface area (Å²) in [6, 6.07) is 16.9. The molecule has 27 heavy (non-hydrogen) atoms. The predicted octanol–water partition coefficient (Wildman–Crippen LogP) is 3.66. The number of carbonyl (C=O) groups excluding carboxylic acids is 2. The first kappa shape index (κ1) is 20.8. The Hall–Kier alpha value is -2.47. The van der Waals surface area contributed by atoms with Crippen molar-refractivity contribution in [3.8, 4) is 0 Å². The van der Waals surface area contributed by atoms with Gasteiger partial charge in [-0.3, -0.25) is 0 Å². The van der Waals surface area contributed by atoms with Crippen molar-refractivity contribution < 1.29 is 14.3 Å². The molecule has 2 amide bonds. The van der Waals surface area contributed by atoms with Crippen LogP contribution in [0.2, 0.25) is 0 Å². The van der Waals surface area contributed by atoms with Crippen LogP contribution in [-0.2, 0) is 21.8 Å². The third kappa shape index (κ3) is 7.74. The lowest BCUT2D eigenvalue weighted by Gasteiger charge is -2.17. The van der Waals surface area contributed by atoms with Gasteiger partial charge in [0.05, 0.1) is 6.61 Å². The molecule has 2 rings (SSSR count). The van der Waals surface area contributed by atoms with Crippen molar-refractivity contribution in [2.75, 3.05) is 12.4 Å². The van der Waals surface area contributed by atoms with Gasteiger partial charge in [-0.05, 0) is 25.0 Å². The number of rotatable bonds is 9. The Morgan fingerprint density at radius 2 is 1.74 bits per heavy atom. The van der Waals surface area contributed by atoms with Crippen molar-refractivity contribution in [1.29, 1.82) is 0 Å². The van der Waals surface area contributed by atoms with E-state index >= 15 is 0 Å². The average Bonchev–Trinajstić information content (AvgIpc) is 2.68. The Kier molecular flexibility index (Phi) is 8.71. The molecule has 0 aliphatic heterocycles. The summed E-state index contributed by atoms with van der Waals surface area (Å²) in [4.78, 5) is 24.4. The fourth-order valence-corrected chi connectivity index (χ4v) is 3.38. The molecule has 0 heterocycles. The van der Waals surface area contributed by atoms with Gasteiger partial charge in [-0.1, -0.05) is 60.2 Å². The first-order chi connectivity index (χ1) is 13.1. The quantitative estimate of drug-likeness (QED) is 0.646. The summed E-state index contributed by atoms with van der Waals surface area (Å²) in [5.41, 5.74) is 3.34. The monoisotopic (exact) mass is 386 g/mol. The molecule has 6 heteroatoms. The van der Waals surface area contributed by atoms with E-state index < -0.39 is 12.0 Å². The molecule has 2 N–H and O–H groups in total. The largest absolute Gasteiger partial charge is 0.464 e. The molecule has 0 spiro atoms. The molecule has 0 aromatic heterocycles. The van der Waals surface area contributed by atoms with E-state index in [0.29, 0.717) is 12.3 Å². The van der Waals surface area contributed by atoms with Crippen molar-refractivity contribution >= 4 is 23.8 Å². The molecule has 0 fully saturated rings. The van der Waals surface area contributed by atoms with Gasteiger partial charge >= 0.3 is 12.0 Å². The van der Waals surface area contributed by atoms with Crippen molar-refractivity contribution in [3.05, 3.63) is 71.3 Å². The zero-order chi connectivity index (χ0) is 19.5. The summed E-state index contributed by atoms with van der Waals surface area (Å²) in [6.07, 6.45) is 0. The Morgan fingerprint density at radius 1 is 1.04 bits per heavy atom. The zero-order valence-corrected chi connectivity index (χ0v) is 16.6. The summed E-state index contributed by atoms with van der Waals surface area (Å²) < 4.78 is 5.09. The number of esters is 1. The van der Waals surface area contributed by atoms with Crippen LogP contribution >= 0.6 is 11.8 Å². The Morgan fingerprint density at radius 3 is 2.41 bits per heavy atom. The minimum Gasteiger partial charge on any atom is -0.464 e. The highest BCUT2D eigenvalue weighted by molar-refractivity contribution is 7.98. The second-order valence-electron chi connectivity index (χ2n) is 6.12. The van der Waals surface area contributed by atoms with Crippen LogP contribution in [0.1, 0.15) is 23.6 Å². The number of hydrogen-bond donors (Lipinski definition) is 2. The number of hydrogen-bond acceptors (Lipinski definition) is 4. The molecule has 1 atom stereocenters. The number of carbonyl (C=O) groups is 2. The predicted molar refractivity (Wildman–Crippen MR) is 110 cm³/mol. The van der Waals surface area contributed by atoms with Gasteiger partial charge in [0, 0.05) is 18.1 Å². The van der Waals surface area contributed by atoms with Gasteiger partial charge in [0.25, 0.3) is 0 Å². The first-order valence-corrected chi connectivity index (χ1v) is 10.1. The third-order valence-electron chi connectivity index (χ3n) is 3.85. The molecule has 0 bridgehead atoms. The maximum atomic E-state index is 12.2. The van der Waals surface area contributed by atoms with Crippen LogP contribution in [0.15, 0.2) is 54.6 Å². The van der Waals surface area contributed by atoms with Crippen LogP contribution < -0.4 is 10.6 Å². The zero-order valence-electron chi connectivity index (χ0n) is 15.7. The number of aryl methyl sites for hydroxylation is 1. The number of amides is 2. The van der Waals surface area contributed by atoms with Gasteiger partial charge in [0.2, 0.25) is 0 Å². The van der Waals surface area contributed by atoms with Crippen LogP contribution in [-0.4, -0.2) is 30.4 Å². The van der Waals surface area contributed by atoms with Crippen LogP contribution in [0.25, 0.3) is 0 Å². The lowest BCUT2D eigenvalue weighted by Crippen LogP contribution is -2.47. The number of urea groups is 1. The van der Waals surface area contributed by atoms with Crippen molar-refractivity contribution in [2.24, 2.45) is 0 Å². The minimum absolute atomic E-state index is 0.283. The van der Waals surface area contributed by atoms with Crippen LogP contribution in [0.4, 0.5) is 4.79 Å². The van der Waals surface area contributed by atoms with Gasteiger partial charge < -0.3 is 15.4 Å². The van der Waals surface area contributed by atoms with E-state index in [1.54, 1.807) is 18.7 Å². The van der Waals surface area contributed by atoms with Crippen molar-refractivity contribution in [2.45, 2.75) is 32.2 Å². The van der Waals surface area contributed by atoms with E-state index in [1.807, 2.05) is 61.5 Å². The summed E-state index contributed by atoms with van der Waals surface area (Å²) in [5, 5.41) is 5.51. The first-order valence-electron chi connectivity index (χ1n) is 8.96. The maximum Gasteiger partial charge on any atom is 0.329 e.